The summed E-state index contributed by atoms with van der Waals surface area (Å²) >= 11 is 0. The number of fused-ring (bicyclic) bond motifs is 3. The molecule has 0 heterocycles. The summed E-state index contributed by atoms with van der Waals surface area (Å²) in [6.45, 7) is 0. The number of hydrogen-bond acceptors (Lipinski definition) is 2. The zero-order valence-electron chi connectivity index (χ0n) is 11.0. The Morgan fingerprint density at radius 3 is 2.40 bits per heavy atom. The van der Waals surface area contributed by atoms with E-state index in [-0.39, 0.29) is 17.5 Å². The molecule has 0 radical (unpaired) electrons. The van der Waals surface area contributed by atoms with Gasteiger partial charge in [-0.3, -0.25) is 9.59 Å². The Morgan fingerprint density at radius 1 is 0.900 bits per heavy atom. The highest BCUT2D eigenvalue weighted by Gasteiger charge is 2.40. The topological polar surface area (TPSA) is 34.1 Å². The Labute approximate surface area is 117 Å². The number of benzene rings is 1. The monoisotopic (exact) mass is 262 g/mol. The van der Waals surface area contributed by atoms with Gasteiger partial charge in [0.05, 0.1) is 0 Å². The van der Waals surface area contributed by atoms with Gasteiger partial charge in [-0.25, -0.2) is 0 Å². The Kier molecular flexibility index (Phi) is 2.40. The minimum absolute atomic E-state index is 0.0462. The van der Waals surface area contributed by atoms with Gasteiger partial charge in [-0.2, -0.15) is 0 Å². The number of rotatable bonds is 0. The summed E-state index contributed by atoms with van der Waals surface area (Å²) in [5.74, 6) is 0.538. The lowest BCUT2D eigenvalue weighted by atomic mass is 9.67. The van der Waals surface area contributed by atoms with Crippen LogP contribution in [-0.4, -0.2) is 11.6 Å². The molecule has 20 heavy (non-hydrogen) atoms. The van der Waals surface area contributed by atoms with Gasteiger partial charge in [0.15, 0.2) is 11.6 Å². The molecule has 0 spiro atoms. The molecule has 0 N–H and O–H groups in total. The molecule has 0 saturated carbocycles. The van der Waals surface area contributed by atoms with Crippen LogP contribution in [0.5, 0.6) is 0 Å². The molecule has 0 aromatic heterocycles. The van der Waals surface area contributed by atoms with Gasteiger partial charge >= 0.3 is 0 Å². The zero-order valence-corrected chi connectivity index (χ0v) is 11.0. The van der Waals surface area contributed by atoms with E-state index in [0.717, 1.165) is 17.6 Å². The second-order valence-corrected chi connectivity index (χ2v) is 5.59. The van der Waals surface area contributed by atoms with E-state index in [2.05, 4.69) is 12.2 Å². The van der Waals surface area contributed by atoms with Crippen LogP contribution in [0.3, 0.4) is 0 Å². The third-order valence-electron chi connectivity index (χ3n) is 4.57. The molecule has 2 atom stereocenters. The van der Waals surface area contributed by atoms with Gasteiger partial charge in [0.25, 0.3) is 0 Å². The van der Waals surface area contributed by atoms with Crippen molar-refractivity contribution in [1.82, 2.24) is 0 Å². The first-order valence-corrected chi connectivity index (χ1v) is 7.04. The average Bonchev–Trinajstić information content (AvgIpc) is 2.51. The molecule has 2 unspecified atom stereocenters. The number of ketones is 2. The Morgan fingerprint density at radius 2 is 1.60 bits per heavy atom. The van der Waals surface area contributed by atoms with Crippen molar-refractivity contribution in [3.05, 3.63) is 70.8 Å². The van der Waals surface area contributed by atoms with Crippen LogP contribution in [0.25, 0.3) is 0 Å². The van der Waals surface area contributed by atoms with Crippen LogP contribution in [0.15, 0.2) is 59.7 Å². The molecule has 0 aliphatic heterocycles. The van der Waals surface area contributed by atoms with Crippen molar-refractivity contribution in [1.29, 1.82) is 0 Å². The van der Waals surface area contributed by atoms with E-state index in [9.17, 15) is 9.59 Å². The standard InChI is InChI=1S/C18H14O2/c19-17-13-7-3-4-8-14(13)18(20)16-12-6-2-1-5-11(12)9-10-15(16)17/h1-8,11-12H,9-10H2. The van der Waals surface area contributed by atoms with Gasteiger partial charge in [-0.1, -0.05) is 48.6 Å². The number of carbonyl (C=O) groups is 2. The predicted octanol–water partition coefficient (Wildman–Crippen LogP) is 3.51. The molecule has 98 valence electrons. The highest BCUT2D eigenvalue weighted by Crippen LogP contribution is 2.43. The van der Waals surface area contributed by atoms with Crippen LogP contribution in [0.4, 0.5) is 0 Å². The van der Waals surface area contributed by atoms with Crippen LogP contribution in [0.1, 0.15) is 33.6 Å². The summed E-state index contributed by atoms with van der Waals surface area (Å²) < 4.78 is 0. The van der Waals surface area contributed by atoms with E-state index in [4.69, 9.17) is 0 Å². The van der Waals surface area contributed by atoms with E-state index in [1.807, 2.05) is 24.3 Å². The third kappa shape index (κ3) is 1.45. The Bertz CT molecular complexity index is 719. The van der Waals surface area contributed by atoms with Crippen LogP contribution < -0.4 is 0 Å². The van der Waals surface area contributed by atoms with E-state index >= 15 is 0 Å². The first kappa shape index (κ1) is 11.6. The van der Waals surface area contributed by atoms with Crippen LogP contribution in [0, 0.1) is 11.8 Å². The van der Waals surface area contributed by atoms with Gasteiger partial charge in [-0.05, 0) is 18.8 Å². The highest BCUT2D eigenvalue weighted by atomic mass is 16.1. The van der Waals surface area contributed by atoms with Gasteiger partial charge in [-0.15, -0.1) is 0 Å². The first-order valence-electron chi connectivity index (χ1n) is 7.04. The maximum atomic E-state index is 12.8. The van der Waals surface area contributed by atoms with Gasteiger partial charge in [0, 0.05) is 28.2 Å². The van der Waals surface area contributed by atoms with Crippen molar-refractivity contribution >= 4 is 11.6 Å². The van der Waals surface area contributed by atoms with E-state index in [1.54, 1.807) is 12.1 Å². The summed E-state index contributed by atoms with van der Waals surface area (Å²) in [6, 6.07) is 7.18. The van der Waals surface area contributed by atoms with Crippen molar-refractivity contribution in [3.8, 4) is 0 Å². The second-order valence-electron chi connectivity index (χ2n) is 5.59. The highest BCUT2D eigenvalue weighted by molar-refractivity contribution is 6.27. The SMILES string of the molecule is O=C1C2=C(C(=O)c3ccccc31)C1C=CC=CC1CC2. The molecule has 0 fully saturated rings. The molecular weight excluding hydrogens is 248 g/mol. The lowest BCUT2D eigenvalue weighted by molar-refractivity contribution is 0.0954. The second kappa shape index (κ2) is 4.14. The van der Waals surface area contributed by atoms with E-state index in [0.29, 0.717) is 23.5 Å². The number of hydrogen-bond donors (Lipinski definition) is 0. The molecule has 3 aliphatic carbocycles. The quantitative estimate of drug-likeness (QED) is 0.717. The third-order valence-corrected chi connectivity index (χ3v) is 4.57. The van der Waals surface area contributed by atoms with Gasteiger partial charge in [0.1, 0.15) is 0 Å². The molecule has 3 aliphatic rings. The Balaban J connectivity index is 1.91. The summed E-state index contributed by atoms with van der Waals surface area (Å²) in [4.78, 5) is 25.4. The maximum Gasteiger partial charge on any atom is 0.190 e. The molecular formula is C18H14O2. The fourth-order valence-electron chi connectivity index (χ4n) is 3.60. The van der Waals surface area contributed by atoms with Crippen molar-refractivity contribution in [2.45, 2.75) is 12.8 Å². The average molecular weight is 262 g/mol. The molecule has 1 aromatic rings. The molecule has 2 heteroatoms. The van der Waals surface area contributed by atoms with Crippen LogP contribution in [0.2, 0.25) is 0 Å². The number of allylic oxidation sites excluding steroid dienone is 6. The van der Waals surface area contributed by atoms with Crippen LogP contribution >= 0.6 is 0 Å². The molecule has 4 rings (SSSR count). The molecule has 0 amide bonds. The molecule has 0 bridgehead atoms. The van der Waals surface area contributed by atoms with Crippen molar-refractivity contribution < 1.29 is 9.59 Å². The van der Waals surface area contributed by atoms with E-state index in [1.165, 1.54) is 0 Å². The van der Waals surface area contributed by atoms with Crippen LogP contribution in [-0.2, 0) is 0 Å². The lowest BCUT2D eigenvalue weighted by Crippen LogP contribution is -2.32. The smallest absolute Gasteiger partial charge is 0.190 e. The largest absolute Gasteiger partial charge is 0.289 e. The summed E-state index contributed by atoms with van der Waals surface area (Å²) in [5, 5.41) is 0. The van der Waals surface area contributed by atoms with Crippen molar-refractivity contribution in [2.24, 2.45) is 11.8 Å². The fourth-order valence-corrected chi connectivity index (χ4v) is 3.60. The normalized spacial score (nSPS) is 27.2. The summed E-state index contributed by atoms with van der Waals surface area (Å²) in [5.41, 5.74) is 2.63. The maximum absolute atomic E-state index is 12.8. The van der Waals surface area contributed by atoms with Crippen molar-refractivity contribution in [2.75, 3.05) is 0 Å². The fraction of sp³-hybridized carbons (Fsp3) is 0.222. The first-order chi connectivity index (χ1) is 9.77. The minimum atomic E-state index is 0.0462. The minimum Gasteiger partial charge on any atom is -0.289 e. The summed E-state index contributed by atoms with van der Waals surface area (Å²) in [6.07, 6.45) is 9.91. The molecule has 1 aromatic carbocycles. The Hall–Kier alpha value is -2.22. The summed E-state index contributed by atoms with van der Waals surface area (Å²) in [7, 11) is 0. The molecule has 2 nitrogen and oxygen atoms in total. The van der Waals surface area contributed by atoms with E-state index < -0.39 is 0 Å². The predicted molar refractivity (Wildman–Crippen MR) is 76.6 cm³/mol. The van der Waals surface area contributed by atoms with Gasteiger partial charge in [0.2, 0.25) is 0 Å². The molecule has 0 saturated heterocycles. The zero-order chi connectivity index (χ0) is 13.7. The lowest BCUT2D eigenvalue weighted by Gasteiger charge is -2.35. The van der Waals surface area contributed by atoms with Gasteiger partial charge < -0.3 is 0 Å². The number of carbonyl (C=O) groups excluding carboxylic acids is 2. The van der Waals surface area contributed by atoms with Crippen molar-refractivity contribution in [3.63, 3.8) is 0 Å². The number of Topliss-reactive ketones (excluding diaryl/α,β-unsaturated/α-hetero) is 2.